The van der Waals surface area contributed by atoms with E-state index in [4.69, 9.17) is 0 Å². The van der Waals surface area contributed by atoms with Crippen molar-refractivity contribution < 1.29 is 0 Å². The monoisotopic (exact) mass is 198 g/mol. The van der Waals surface area contributed by atoms with E-state index in [-0.39, 0.29) is 0 Å². The first-order valence-corrected chi connectivity index (χ1v) is 5.86. The van der Waals surface area contributed by atoms with Gasteiger partial charge in [0, 0.05) is 31.7 Å². The second-order valence-electron chi connectivity index (χ2n) is 5.96. The molecular weight excluding hydrogens is 172 g/mol. The minimum absolute atomic E-state index is 0.452. The third kappa shape index (κ3) is 3.97. The molecule has 0 amide bonds. The zero-order valence-electron chi connectivity index (χ0n) is 10.4. The van der Waals surface area contributed by atoms with Gasteiger partial charge in [-0.05, 0) is 25.7 Å². The Morgan fingerprint density at radius 2 is 2.07 bits per heavy atom. The molecule has 1 fully saturated rings. The lowest BCUT2D eigenvalue weighted by atomic mass is 9.88. The molecule has 0 aliphatic carbocycles. The van der Waals surface area contributed by atoms with Crippen LogP contribution in [0.25, 0.3) is 0 Å². The van der Waals surface area contributed by atoms with Crippen molar-refractivity contribution in [2.45, 2.75) is 53.1 Å². The van der Waals surface area contributed by atoms with Crippen molar-refractivity contribution in [2.24, 2.45) is 5.41 Å². The second kappa shape index (κ2) is 4.63. The smallest absolute Gasteiger partial charge is 0.0167 e. The molecule has 2 unspecified atom stereocenters. The molecule has 0 aromatic heterocycles. The molecule has 0 saturated carbocycles. The molecule has 0 aromatic carbocycles. The van der Waals surface area contributed by atoms with E-state index in [0.717, 1.165) is 12.6 Å². The summed E-state index contributed by atoms with van der Waals surface area (Å²) in [5.74, 6) is 0. The Morgan fingerprint density at radius 3 is 2.57 bits per heavy atom. The average molecular weight is 198 g/mol. The fourth-order valence-corrected chi connectivity index (χ4v) is 2.38. The third-order valence-corrected chi connectivity index (χ3v) is 2.93. The van der Waals surface area contributed by atoms with Crippen LogP contribution in [0.3, 0.4) is 0 Å². The van der Waals surface area contributed by atoms with Gasteiger partial charge in [0.1, 0.15) is 0 Å². The highest BCUT2D eigenvalue weighted by Gasteiger charge is 2.23. The van der Waals surface area contributed by atoms with Crippen molar-refractivity contribution in [2.75, 3.05) is 19.6 Å². The largest absolute Gasteiger partial charge is 0.312 e. The van der Waals surface area contributed by atoms with E-state index in [2.05, 4.69) is 44.8 Å². The van der Waals surface area contributed by atoms with Crippen LogP contribution in [-0.2, 0) is 0 Å². The van der Waals surface area contributed by atoms with Gasteiger partial charge in [0.2, 0.25) is 0 Å². The third-order valence-electron chi connectivity index (χ3n) is 2.93. The number of nitrogens with one attached hydrogen (secondary N) is 1. The number of piperazine rings is 1. The molecule has 2 nitrogen and oxygen atoms in total. The summed E-state index contributed by atoms with van der Waals surface area (Å²) in [6, 6.07) is 1.38. The topological polar surface area (TPSA) is 15.3 Å². The predicted molar refractivity (Wildman–Crippen MR) is 62.6 cm³/mol. The number of hydrogen-bond donors (Lipinski definition) is 1. The van der Waals surface area contributed by atoms with Crippen molar-refractivity contribution in [3.8, 4) is 0 Å². The lowest BCUT2D eigenvalue weighted by Crippen LogP contribution is -2.52. The van der Waals surface area contributed by atoms with E-state index in [9.17, 15) is 0 Å². The minimum Gasteiger partial charge on any atom is -0.312 e. The van der Waals surface area contributed by atoms with Crippen molar-refractivity contribution in [1.82, 2.24) is 10.2 Å². The summed E-state index contributed by atoms with van der Waals surface area (Å²) in [7, 11) is 0. The lowest BCUT2D eigenvalue weighted by molar-refractivity contribution is 0.125. The number of nitrogens with zero attached hydrogens (tertiary/aromatic N) is 1. The first-order valence-electron chi connectivity index (χ1n) is 5.86. The van der Waals surface area contributed by atoms with E-state index in [1.807, 2.05) is 0 Å². The van der Waals surface area contributed by atoms with Gasteiger partial charge in [-0.3, -0.25) is 4.90 Å². The van der Waals surface area contributed by atoms with Gasteiger partial charge < -0.3 is 5.32 Å². The van der Waals surface area contributed by atoms with E-state index in [1.165, 1.54) is 19.5 Å². The minimum atomic E-state index is 0.452. The maximum atomic E-state index is 3.49. The normalized spacial score (nSPS) is 27.6. The molecule has 1 heterocycles. The average Bonchev–Trinajstić information content (AvgIpc) is 2.01. The highest BCUT2D eigenvalue weighted by Crippen LogP contribution is 2.23. The van der Waals surface area contributed by atoms with Gasteiger partial charge in [0.25, 0.3) is 0 Å². The SMILES string of the molecule is CC1CN(C(C)CC(C)(C)C)CCN1. The van der Waals surface area contributed by atoms with E-state index >= 15 is 0 Å². The van der Waals surface area contributed by atoms with Crippen molar-refractivity contribution in [1.29, 1.82) is 0 Å². The van der Waals surface area contributed by atoms with Crippen LogP contribution in [-0.4, -0.2) is 36.6 Å². The summed E-state index contributed by atoms with van der Waals surface area (Å²) in [5, 5.41) is 3.49. The quantitative estimate of drug-likeness (QED) is 0.731. The summed E-state index contributed by atoms with van der Waals surface area (Å²) in [5.41, 5.74) is 0.452. The molecule has 1 saturated heterocycles. The molecule has 2 atom stereocenters. The van der Waals surface area contributed by atoms with Crippen LogP contribution in [0.4, 0.5) is 0 Å². The van der Waals surface area contributed by atoms with Crippen LogP contribution < -0.4 is 5.32 Å². The maximum absolute atomic E-state index is 3.49. The first kappa shape index (κ1) is 12.0. The summed E-state index contributed by atoms with van der Waals surface area (Å²) in [4.78, 5) is 2.62. The molecule has 1 N–H and O–H groups in total. The molecule has 2 heteroatoms. The predicted octanol–water partition coefficient (Wildman–Crippen LogP) is 2.10. The van der Waals surface area contributed by atoms with E-state index in [1.54, 1.807) is 0 Å². The van der Waals surface area contributed by atoms with Gasteiger partial charge in [-0.2, -0.15) is 0 Å². The van der Waals surface area contributed by atoms with Crippen molar-refractivity contribution in [3.63, 3.8) is 0 Å². The Labute approximate surface area is 89.1 Å². The van der Waals surface area contributed by atoms with Gasteiger partial charge in [-0.25, -0.2) is 0 Å². The van der Waals surface area contributed by atoms with Crippen LogP contribution in [0.2, 0.25) is 0 Å². The first-order chi connectivity index (χ1) is 6.38. The van der Waals surface area contributed by atoms with Gasteiger partial charge in [-0.15, -0.1) is 0 Å². The molecule has 0 bridgehead atoms. The van der Waals surface area contributed by atoms with E-state index in [0.29, 0.717) is 11.5 Å². The molecule has 0 spiro atoms. The molecule has 14 heavy (non-hydrogen) atoms. The Balaban J connectivity index is 2.39. The Morgan fingerprint density at radius 1 is 1.43 bits per heavy atom. The molecule has 0 aromatic rings. The summed E-state index contributed by atoms with van der Waals surface area (Å²) >= 11 is 0. The number of rotatable bonds is 2. The standard InChI is InChI=1S/C12H26N2/c1-10-9-14(7-6-13-10)11(2)8-12(3,4)5/h10-11,13H,6-9H2,1-5H3. The number of hydrogen-bond acceptors (Lipinski definition) is 2. The van der Waals surface area contributed by atoms with Gasteiger partial charge >= 0.3 is 0 Å². The van der Waals surface area contributed by atoms with E-state index < -0.39 is 0 Å². The zero-order chi connectivity index (χ0) is 10.8. The zero-order valence-corrected chi connectivity index (χ0v) is 10.4. The maximum Gasteiger partial charge on any atom is 0.0167 e. The molecule has 1 aliphatic heterocycles. The highest BCUT2D eigenvalue weighted by molar-refractivity contribution is 4.81. The molecule has 1 rings (SSSR count). The molecular formula is C12H26N2. The summed E-state index contributed by atoms with van der Waals surface area (Å²) in [6.07, 6.45) is 1.29. The fourth-order valence-electron chi connectivity index (χ4n) is 2.38. The van der Waals surface area contributed by atoms with Crippen LogP contribution in [0.15, 0.2) is 0 Å². The fraction of sp³-hybridized carbons (Fsp3) is 1.00. The summed E-state index contributed by atoms with van der Waals surface area (Å²) in [6.45, 7) is 15.2. The van der Waals surface area contributed by atoms with Crippen LogP contribution in [0.1, 0.15) is 41.0 Å². The highest BCUT2D eigenvalue weighted by atomic mass is 15.2. The lowest BCUT2D eigenvalue weighted by Gasteiger charge is -2.38. The van der Waals surface area contributed by atoms with Crippen LogP contribution >= 0.6 is 0 Å². The van der Waals surface area contributed by atoms with Crippen molar-refractivity contribution in [3.05, 3.63) is 0 Å². The molecule has 0 radical (unpaired) electrons. The van der Waals surface area contributed by atoms with Crippen LogP contribution in [0.5, 0.6) is 0 Å². The molecule has 84 valence electrons. The van der Waals surface area contributed by atoms with Crippen molar-refractivity contribution >= 4 is 0 Å². The Hall–Kier alpha value is -0.0800. The Kier molecular flexibility index (Phi) is 3.96. The summed E-state index contributed by atoms with van der Waals surface area (Å²) < 4.78 is 0. The second-order valence-corrected chi connectivity index (χ2v) is 5.96. The van der Waals surface area contributed by atoms with Gasteiger partial charge in [0.05, 0.1) is 0 Å². The van der Waals surface area contributed by atoms with Gasteiger partial charge in [-0.1, -0.05) is 20.8 Å². The van der Waals surface area contributed by atoms with Gasteiger partial charge in [0.15, 0.2) is 0 Å². The van der Waals surface area contributed by atoms with Crippen LogP contribution in [0, 0.1) is 5.41 Å². The Bertz CT molecular complexity index is 172. The molecule has 1 aliphatic rings.